The number of allylic oxidation sites excluding steroid dienone is 1. The fourth-order valence-electron chi connectivity index (χ4n) is 0.423. The third-order valence-electron chi connectivity index (χ3n) is 0.730. The van der Waals surface area contributed by atoms with Crippen molar-refractivity contribution < 1.29 is 9.53 Å². The number of alkyl halides is 2. The maximum Gasteiger partial charge on any atom is 0.330 e. The molecule has 11 heavy (non-hydrogen) atoms. The molecule has 2 nitrogen and oxygen atoms in total. The number of ether oxygens (including phenoxy) is 1. The van der Waals surface area contributed by atoms with Crippen molar-refractivity contribution in [3.8, 4) is 0 Å². The van der Waals surface area contributed by atoms with Crippen molar-refractivity contribution in [1.29, 1.82) is 0 Å². The van der Waals surface area contributed by atoms with Gasteiger partial charge in [0.2, 0.25) is 0 Å². The van der Waals surface area contributed by atoms with Gasteiger partial charge in [-0.2, -0.15) is 0 Å². The molecule has 0 heterocycles. The lowest BCUT2D eigenvalue weighted by molar-refractivity contribution is -0.141. The Labute approximate surface area is 76.1 Å². The number of hydrogen-bond acceptors (Lipinski definition) is 2. The molecule has 64 valence electrons. The lowest BCUT2D eigenvalue weighted by Gasteiger charge is -2.03. The van der Waals surface area contributed by atoms with Gasteiger partial charge in [0.1, 0.15) is 4.84 Å². The zero-order valence-corrected chi connectivity index (χ0v) is 7.89. The minimum absolute atomic E-state index is 0.115. The van der Waals surface area contributed by atoms with Gasteiger partial charge in [-0.15, -0.1) is 23.2 Å². The summed E-state index contributed by atoms with van der Waals surface area (Å²) in [6.45, 7) is 3.54. The van der Waals surface area contributed by atoms with Crippen LogP contribution in [0.4, 0.5) is 0 Å². The molecule has 0 aliphatic rings. The van der Waals surface area contributed by atoms with Crippen LogP contribution < -0.4 is 0 Å². The Morgan fingerprint density at radius 2 is 2.00 bits per heavy atom. The van der Waals surface area contributed by atoms with E-state index in [1.165, 1.54) is 12.2 Å². The van der Waals surface area contributed by atoms with Gasteiger partial charge in [0.05, 0.1) is 6.10 Å². The van der Waals surface area contributed by atoms with Crippen molar-refractivity contribution in [2.24, 2.45) is 0 Å². The first-order valence-electron chi connectivity index (χ1n) is 3.19. The highest BCUT2D eigenvalue weighted by molar-refractivity contribution is 6.45. The Kier molecular flexibility index (Phi) is 5.34. The van der Waals surface area contributed by atoms with Gasteiger partial charge >= 0.3 is 5.97 Å². The number of hydrogen-bond donors (Lipinski definition) is 0. The highest BCUT2D eigenvalue weighted by atomic mass is 35.5. The van der Waals surface area contributed by atoms with Crippen molar-refractivity contribution >= 4 is 29.2 Å². The molecule has 4 heteroatoms. The summed E-state index contributed by atoms with van der Waals surface area (Å²) in [5.41, 5.74) is 0. The van der Waals surface area contributed by atoms with E-state index in [1.54, 1.807) is 13.8 Å². The van der Waals surface area contributed by atoms with Gasteiger partial charge in [0.15, 0.2) is 0 Å². The molecule has 0 N–H and O–H groups in total. The second-order valence-corrected chi connectivity index (χ2v) is 3.34. The van der Waals surface area contributed by atoms with E-state index in [2.05, 4.69) is 0 Å². The Hall–Kier alpha value is -0.210. The van der Waals surface area contributed by atoms with E-state index < -0.39 is 10.8 Å². The third-order valence-corrected chi connectivity index (χ3v) is 1.02. The van der Waals surface area contributed by atoms with Crippen molar-refractivity contribution in [1.82, 2.24) is 0 Å². The summed E-state index contributed by atoms with van der Waals surface area (Å²) in [6.07, 6.45) is 2.45. The van der Waals surface area contributed by atoms with Crippen LogP contribution in [0, 0.1) is 0 Å². The van der Waals surface area contributed by atoms with Crippen LogP contribution in [-0.2, 0) is 9.53 Å². The highest BCUT2D eigenvalue weighted by Gasteiger charge is 2.00. The van der Waals surface area contributed by atoms with Crippen LogP contribution >= 0.6 is 23.2 Å². The molecule has 0 radical (unpaired) electrons. The van der Waals surface area contributed by atoms with Gasteiger partial charge in [-0.05, 0) is 19.9 Å². The second-order valence-electron chi connectivity index (χ2n) is 2.18. The van der Waals surface area contributed by atoms with E-state index in [0.29, 0.717) is 0 Å². The van der Waals surface area contributed by atoms with Gasteiger partial charge in [-0.3, -0.25) is 0 Å². The topological polar surface area (TPSA) is 26.3 Å². The minimum atomic E-state index is -0.658. The van der Waals surface area contributed by atoms with Gasteiger partial charge in [0.25, 0.3) is 0 Å². The van der Waals surface area contributed by atoms with E-state index in [4.69, 9.17) is 27.9 Å². The van der Waals surface area contributed by atoms with Gasteiger partial charge in [0, 0.05) is 6.08 Å². The van der Waals surface area contributed by atoms with Crippen molar-refractivity contribution in [3.05, 3.63) is 12.2 Å². The lowest BCUT2D eigenvalue weighted by atomic mass is 10.4. The smallest absolute Gasteiger partial charge is 0.330 e. The zero-order valence-electron chi connectivity index (χ0n) is 6.38. The van der Waals surface area contributed by atoms with E-state index in [1.807, 2.05) is 0 Å². The van der Waals surface area contributed by atoms with Crippen LogP contribution in [0.2, 0.25) is 0 Å². The molecule has 0 rings (SSSR count). The standard InChI is InChI=1S/C7H10Cl2O2/c1-5(2)11-7(10)4-3-6(8)9/h3-6H,1-2H3. The summed E-state index contributed by atoms with van der Waals surface area (Å²) in [5.74, 6) is -0.425. The number of carbonyl (C=O) groups is 1. The maximum atomic E-state index is 10.7. The molecular weight excluding hydrogens is 187 g/mol. The van der Waals surface area contributed by atoms with Crippen LogP contribution in [-0.4, -0.2) is 16.9 Å². The van der Waals surface area contributed by atoms with Crippen LogP contribution in [0.25, 0.3) is 0 Å². The first kappa shape index (κ1) is 10.8. The van der Waals surface area contributed by atoms with Gasteiger partial charge in [-0.25, -0.2) is 4.79 Å². The number of halogens is 2. The quantitative estimate of drug-likeness (QED) is 0.394. The summed E-state index contributed by atoms with van der Waals surface area (Å²) in [5, 5.41) is 0. The van der Waals surface area contributed by atoms with E-state index in [9.17, 15) is 4.79 Å². The summed E-state index contributed by atoms with van der Waals surface area (Å²) in [7, 11) is 0. The summed E-state index contributed by atoms with van der Waals surface area (Å²) in [6, 6.07) is 0. The largest absolute Gasteiger partial charge is 0.460 e. The fraction of sp³-hybridized carbons (Fsp3) is 0.571. The Morgan fingerprint density at radius 1 is 1.45 bits per heavy atom. The summed E-state index contributed by atoms with van der Waals surface area (Å²) in [4.78, 5) is 10.1. The third kappa shape index (κ3) is 7.69. The number of rotatable bonds is 3. The SMILES string of the molecule is CC(C)OC(=O)C=CC(Cl)Cl. The zero-order chi connectivity index (χ0) is 8.85. The molecule has 0 amide bonds. The van der Waals surface area contributed by atoms with E-state index in [0.717, 1.165) is 0 Å². The Bertz CT molecular complexity index is 153. The number of esters is 1. The monoisotopic (exact) mass is 196 g/mol. The normalized spacial score (nSPS) is 11.5. The first-order chi connectivity index (χ1) is 5.02. The van der Waals surface area contributed by atoms with Crippen LogP contribution in [0.3, 0.4) is 0 Å². The molecule has 0 fully saturated rings. The molecule has 0 aliphatic carbocycles. The van der Waals surface area contributed by atoms with E-state index in [-0.39, 0.29) is 6.10 Å². The second kappa shape index (κ2) is 5.44. The van der Waals surface area contributed by atoms with Gasteiger partial charge in [-0.1, -0.05) is 0 Å². The molecule has 0 aromatic rings. The molecule has 0 aliphatic heterocycles. The summed E-state index contributed by atoms with van der Waals surface area (Å²) < 4.78 is 4.76. The van der Waals surface area contributed by atoms with Crippen LogP contribution in [0.15, 0.2) is 12.2 Å². The highest BCUT2D eigenvalue weighted by Crippen LogP contribution is 2.02. The Morgan fingerprint density at radius 3 is 2.36 bits per heavy atom. The molecule has 0 saturated heterocycles. The fourth-order valence-corrected chi connectivity index (χ4v) is 0.568. The first-order valence-corrected chi connectivity index (χ1v) is 4.06. The van der Waals surface area contributed by atoms with Crippen LogP contribution in [0.1, 0.15) is 13.8 Å². The number of carbonyl (C=O) groups excluding carboxylic acids is 1. The minimum Gasteiger partial charge on any atom is -0.460 e. The summed E-state index contributed by atoms with van der Waals surface area (Å²) >= 11 is 10.7. The molecule has 0 saturated carbocycles. The van der Waals surface area contributed by atoms with Crippen LogP contribution in [0.5, 0.6) is 0 Å². The molecule has 0 aromatic carbocycles. The molecule has 0 atom stereocenters. The molecule has 0 aromatic heterocycles. The van der Waals surface area contributed by atoms with E-state index >= 15 is 0 Å². The van der Waals surface area contributed by atoms with Crippen molar-refractivity contribution in [2.45, 2.75) is 24.8 Å². The predicted octanol–water partition coefficient (Wildman–Crippen LogP) is 2.30. The molecule has 0 spiro atoms. The average molecular weight is 197 g/mol. The average Bonchev–Trinajstić information content (AvgIpc) is 1.82. The Balaban J connectivity index is 3.69. The van der Waals surface area contributed by atoms with Crippen molar-refractivity contribution in [3.63, 3.8) is 0 Å². The predicted molar refractivity (Wildman–Crippen MR) is 45.9 cm³/mol. The maximum absolute atomic E-state index is 10.7. The molecule has 0 bridgehead atoms. The van der Waals surface area contributed by atoms with Gasteiger partial charge < -0.3 is 4.74 Å². The lowest BCUT2D eigenvalue weighted by Crippen LogP contribution is -2.08. The van der Waals surface area contributed by atoms with Crippen molar-refractivity contribution in [2.75, 3.05) is 0 Å². The molecular formula is C7H10Cl2O2. The molecule has 0 unspecified atom stereocenters.